The highest BCUT2D eigenvalue weighted by Crippen LogP contribution is 2.15. The van der Waals surface area contributed by atoms with Crippen molar-refractivity contribution in [3.63, 3.8) is 0 Å². The Labute approximate surface area is 92.2 Å². The molecule has 0 saturated carbocycles. The van der Waals surface area contributed by atoms with Gasteiger partial charge >= 0.3 is 0 Å². The predicted octanol–water partition coefficient (Wildman–Crippen LogP) is 4.27. The molecule has 0 fully saturated rings. The average molecular weight is 201 g/mol. The molecule has 0 amide bonds. The van der Waals surface area contributed by atoms with Gasteiger partial charge in [-0.15, -0.1) is 0 Å². The summed E-state index contributed by atoms with van der Waals surface area (Å²) in [5.41, 5.74) is 3.45. The van der Waals surface area contributed by atoms with Crippen molar-refractivity contribution in [3.05, 3.63) is 41.6 Å². The Hall–Kier alpha value is -1.37. The second-order valence-corrected chi connectivity index (χ2v) is 3.81. The molecule has 1 heterocycles. The van der Waals surface area contributed by atoms with Gasteiger partial charge in [-0.1, -0.05) is 44.5 Å². The zero-order chi connectivity index (χ0) is 11.3. The van der Waals surface area contributed by atoms with E-state index in [0.717, 1.165) is 11.2 Å². The molecular formula is C14H19N. The first-order valence-electron chi connectivity index (χ1n) is 5.52. The van der Waals surface area contributed by atoms with Crippen LogP contribution in [0.5, 0.6) is 0 Å². The normalized spacial score (nSPS) is 9.60. The third kappa shape index (κ3) is 3.05. The van der Waals surface area contributed by atoms with Gasteiger partial charge < -0.3 is 0 Å². The van der Waals surface area contributed by atoms with Gasteiger partial charge in [-0.2, -0.15) is 0 Å². The van der Waals surface area contributed by atoms with E-state index in [1.807, 2.05) is 13.0 Å². The molecule has 0 aliphatic rings. The first kappa shape index (κ1) is 11.7. The molecule has 0 saturated heterocycles. The van der Waals surface area contributed by atoms with Crippen LogP contribution in [0.1, 0.15) is 31.5 Å². The number of fused-ring (bicyclic) bond motifs is 1. The molecule has 2 aromatic rings. The van der Waals surface area contributed by atoms with E-state index in [9.17, 15) is 0 Å². The number of nitrogens with zero attached hydrogens (tertiary/aromatic N) is 1. The molecule has 0 N–H and O–H groups in total. The summed E-state index contributed by atoms with van der Waals surface area (Å²) in [5, 5.41) is 1.22. The molecule has 0 radical (unpaired) electrons. The Morgan fingerprint density at radius 3 is 2.33 bits per heavy atom. The van der Waals surface area contributed by atoms with Crippen LogP contribution in [0.3, 0.4) is 0 Å². The summed E-state index contributed by atoms with van der Waals surface area (Å²) >= 11 is 0. The maximum atomic E-state index is 4.48. The van der Waals surface area contributed by atoms with E-state index in [1.54, 1.807) is 0 Å². The van der Waals surface area contributed by atoms with E-state index >= 15 is 0 Å². The van der Waals surface area contributed by atoms with Gasteiger partial charge in [0.1, 0.15) is 0 Å². The lowest BCUT2D eigenvalue weighted by Crippen LogP contribution is -1.85. The summed E-state index contributed by atoms with van der Waals surface area (Å²) in [6.07, 6.45) is 1.25. The molecule has 0 unspecified atom stereocenters. The summed E-state index contributed by atoms with van der Waals surface area (Å²) in [5.74, 6) is 0. The average Bonchev–Trinajstić information content (AvgIpc) is 2.21. The number of hydrogen-bond donors (Lipinski definition) is 0. The Balaban J connectivity index is 0.000000337. The Morgan fingerprint density at radius 2 is 1.67 bits per heavy atom. The monoisotopic (exact) mass is 201 g/mol. The summed E-state index contributed by atoms with van der Waals surface area (Å²) in [4.78, 5) is 4.48. The summed E-state index contributed by atoms with van der Waals surface area (Å²) in [6, 6.07) is 10.4. The molecule has 2 rings (SSSR count). The lowest BCUT2D eigenvalue weighted by Gasteiger charge is -2.00. The van der Waals surface area contributed by atoms with Crippen LogP contribution in [-0.2, 0) is 0 Å². The number of rotatable bonds is 0. The predicted molar refractivity (Wildman–Crippen MR) is 67.2 cm³/mol. The van der Waals surface area contributed by atoms with Crippen LogP contribution in [0.4, 0.5) is 0 Å². The molecule has 0 atom stereocenters. The summed E-state index contributed by atoms with van der Waals surface area (Å²) in [6.45, 7) is 8.36. The molecule has 0 spiro atoms. The fourth-order valence-corrected chi connectivity index (χ4v) is 1.39. The quantitative estimate of drug-likeness (QED) is 0.620. The van der Waals surface area contributed by atoms with Crippen molar-refractivity contribution in [2.24, 2.45) is 0 Å². The van der Waals surface area contributed by atoms with Crippen LogP contribution in [-0.4, -0.2) is 4.98 Å². The maximum absolute atomic E-state index is 4.48. The first-order valence-corrected chi connectivity index (χ1v) is 5.52. The molecule has 0 bridgehead atoms. The number of aryl methyl sites for hydroxylation is 2. The number of para-hydroxylation sites is 1. The SMILES string of the molecule is CCC.Cc1ccc2cccc(C)c2n1. The van der Waals surface area contributed by atoms with Crippen LogP contribution >= 0.6 is 0 Å². The number of hydrogen-bond acceptors (Lipinski definition) is 1. The minimum Gasteiger partial charge on any atom is -0.253 e. The van der Waals surface area contributed by atoms with Gasteiger partial charge in [0.25, 0.3) is 0 Å². The summed E-state index contributed by atoms with van der Waals surface area (Å²) < 4.78 is 0. The fraction of sp³-hybridized carbons (Fsp3) is 0.357. The van der Waals surface area contributed by atoms with Crippen molar-refractivity contribution in [1.29, 1.82) is 0 Å². The van der Waals surface area contributed by atoms with E-state index in [1.165, 1.54) is 17.4 Å². The molecule has 1 nitrogen and oxygen atoms in total. The largest absolute Gasteiger partial charge is 0.253 e. The highest BCUT2D eigenvalue weighted by Gasteiger charge is 1.96. The van der Waals surface area contributed by atoms with Crippen molar-refractivity contribution in [1.82, 2.24) is 4.98 Å². The van der Waals surface area contributed by atoms with E-state index in [-0.39, 0.29) is 0 Å². The topological polar surface area (TPSA) is 12.9 Å². The highest BCUT2D eigenvalue weighted by atomic mass is 14.7. The van der Waals surface area contributed by atoms with E-state index < -0.39 is 0 Å². The molecule has 1 heteroatoms. The van der Waals surface area contributed by atoms with Crippen molar-refractivity contribution in [2.75, 3.05) is 0 Å². The van der Waals surface area contributed by atoms with Gasteiger partial charge in [-0.3, -0.25) is 4.98 Å². The summed E-state index contributed by atoms with van der Waals surface area (Å²) in [7, 11) is 0. The Kier molecular flexibility index (Phi) is 4.29. The minimum atomic E-state index is 1.08. The molecule has 1 aromatic carbocycles. The zero-order valence-corrected chi connectivity index (χ0v) is 10.0. The maximum Gasteiger partial charge on any atom is 0.0734 e. The van der Waals surface area contributed by atoms with E-state index in [4.69, 9.17) is 0 Å². The highest BCUT2D eigenvalue weighted by molar-refractivity contribution is 5.81. The van der Waals surface area contributed by atoms with Crippen LogP contribution in [0.15, 0.2) is 30.3 Å². The second-order valence-electron chi connectivity index (χ2n) is 3.81. The van der Waals surface area contributed by atoms with Gasteiger partial charge in [0.15, 0.2) is 0 Å². The van der Waals surface area contributed by atoms with Crippen molar-refractivity contribution in [3.8, 4) is 0 Å². The second kappa shape index (κ2) is 5.50. The fourth-order valence-electron chi connectivity index (χ4n) is 1.39. The van der Waals surface area contributed by atoms with Crippen LogP contribution in [0.2, 0.25) is 0 Å². The van der Waals surface area contributed by atoms with Gasteiger partial charge in [-0.05, 0) is 25.5 Å². The van der Waals surface area contributed by atoms with Crippen molar-refractivity contribution in [2.45, 2.75) is 34.1 Å². The van der Waals surface area contributed by atoms with E-state index in [0.29, 0.717) is 0 Å². The standard InChI is InChI=1S/C11H11N.C3H8/c1-8-4-3-5-10-7-6-9(2)12-11(8)10;1-3-2/h3-7H,1-2H3;3H2,1-2H3. The van der Waals surface area contributed by atoms with Gasteiger partial charge in [0.05, 0.1) is 5.52 Å². The number of pyridine rings is 1. The molecule has 0 aliphatic carbocycles. The zero-order valence-electron chi connectivity index (χ0n) is 10.0. The lowest BCUT2D eigenvalue weighted by molar-refractivity contribution is 1.09. The van der Waals surface area contributed by atoms with Crippen molar-refractivity contribution < 1.29 is 0 Å². The van der Waals surface area contributed by atoms with Gasteiger partial charge in [0.2, 0.25) is 0 Å². The molecule has 0 aliphatic heterocycles. The van der Waals surface area contributed by atoms with Crippen LogP contribution in [0.25, 0.3) is 10.9 Å². The lowest BCUT2D eigenvalue weighted by atomic mass is 10.1. The first-order chi connectivity index (χ1) is 7.19. The Morgan fingerprint density at radius 1 is 1.00 bits per heavy atom. The third-order valence-corrected chi connectivity index (χ3v) is 2.06. The van der Waals surface area contributed by atoms with Gasteiger partial charge in [-0.25, -0.2) is 0 Å². The smallest absolute Gasteiger partial charge is 0.0734 e. The number of benzene rings is 1. The molecule has 80 valence electrons. The molecule has 15 heavy (non-hydrogen) atoms. The molecular weight excluding hydrogens is 182 g/mol. The van der Waals surface area contributed by atoms with Crippen LogP contribution in [0, 0.1) is 13.8 Å². The molecule has 1 aromatic heterocycles. The van der Waals surface area contributed by atoms with Crippen LogP contribution < -0.4 is 0 Å². The number of aromatic nitrogens is 1. The van der Waals surface area contributed by atoms with E-state index in [2.05, 4.69) is 50.0 Å². The van der Waals surface area contributed by atoms with Gasteiger partial charge in [0, 0.05) is 11.1 Å². The Bertz CT molecular complexity index is 432. The minimum absolute atomic E-state index is 1.08. The van der Waals surface area contributed by atoms with Crippen molar-refractivity contribution >= 4 is 10.9 Å². The third-order valence-electron chi connectivity index (χ3n) is 2.06.